The van der Waals surface area contributed by atoms with Crippen molar-refractivity contribution in [2.24, 2.45) is 0 Å². The van der Waals surface area contributed by atoms with E-state index < -0.39 is 28.1 Å². The highest BCUT2D eigenvalue weighted by molar-refractivity contribution is 7.92. The zero-order valence-corrected chi connectivity index (χ0v) is 20.9. The lowest BCUT2D eigenvalue weighted by Gasteiger charge is -2.38. The van der Waals surface area contributed by atoms with E-state index in [2.05, 4.69) is 5.32 Å². The number of nitrogens with zero attached hydrogens (tertiary/aromatic N) is 1. The van der Waals surface area contributed by atoms with Crippen LogP contribution in [0.4, 0.5) is 5.69 Å². The van der Waals surface area contributed by atoms with Crippen molar-refractivity contribution in [1.82, 2.24) is 5.32 Å². The Hall–Kier alpha value is -3.03. The average molecular weight is 499 g/mol. The lowest BCUT2D eigenvalue weighted by atomic mass is 9.89. The SMILES string of the molecule is Cc1ccc2c(c1)C(NC(=O)CN(c1cccc(Cl)c1)S(=O)(=O)c1ccccc1)CC(C)(C)O2. The molecule has 0 spiro atoms. The molecule has 0 radical (unpaired) electrons. The number of benzene rings is 3. The van der Waals surface area contributed by atoms with Crippen molar-refractivity contribution < 1.29 is 17.9 Å². The molecule has 1 unspecified atom stereocenters. The van der Waals surface area contributed by atoms with Gasteiger partial charge in [-0.2, -0.15) is 0 Å². The third kappa shape index (κ3) is 5.21. The van der Waals surface area contributed by atoms with Crippen LogP contribution in [0.5, 0.6) is 5.75 Å². The highest BCUT2D eigenvalue weighted by Gasteiger charge is 2.35. The molecule has 0 fully saturated rings. The molecule has 1 amide bonds. The summed E-state index contributed by atoms with van der Waals surface area (Å²) in [5.74, 6) is 0.297. The lowest BCUT2D eigenvalue weighted by molar-refractivity contribution is -0.120. The minimum Gasteiger partial charge on any atom is -0.487 e. The average Bonchev–Trinajstić information content (AvgIpc) is 2.78. The molecule has 3 aromatic rings. The minimum absolute atomic E-state index is 0.0935. The number of ether oxygens (including phenoxy) is 1. The van der Waals surface area contributed by atoms with Gasteiger partial charge < -0.3 is 10.1 Å². The normalized spacial score (nSPS) is 16.8. The molecular formula is C26H27ClN2O4S. The summed E-state index contributed by atoms with van der Waals surface area (Å²) in [4.78, 5) is 13.4. The summed E-state index contributed by atoms with van der Waals surface area (Å²) in [5, 5.41) is 3.41. The van der Waals surface area contributed by atoms with Gasteiger partial charge in [0.2, 0.25) is 5.91 Å². The van der Waals surface area contributed by atoms with Crippen molar-refractivity contribution in [2.45, 2.75) is 43.7 Å². The molecule has 1 N–H and O–H groups in total. The molecule has 6 nitrogen and oxygen atoms in total. The first-order chi connectivity index (χ1) is 16.0. The van der Waals surface area contributed by atoms with E-state index >= 15 is 0 Å². The van der Waals surface area contributed by atoms with Gasteiger partial charge >= 0.3 is 0 Å². The Labute approximate surface area is 205 Å². The number of carbonyl (C=O) groups excluding carboxylic acids is 1. The zero-order valence-electron chi connectivity index (χ0n) is 19.3. The Morgan fingerprint density at radius 1 is 1.09 bits per heavy atom. The molecular weight excluding hydrogens is 472 g/mol. The number of hydrogen-bond donors (Lipinski definition) is 1. The number of fused-ring (bicyclic) bond motifs is 1. The van der Waals surface area contributed by atoms with Gasteiger partial charge in [0.15, 0.2) is 0 Å². The molecule has 0 aromatic heterocycles. The van der Waals surface area contributed by atoms with E-state index in [1.165, 1.54) is 18.2 Å². The van der Waals surface area contributed by atoms with Crippen molar-refractivity contribution in [3.8, 4) is 5.75 Å². The second kappa shape index (κ2) is 9.31. The molecule has 0 saturated carbocycles. The Morgan fingerprint density at radius 2 is 1.82 bits per heavy atom. The summed E-state index contributed by atoms with van der Waals surface area (Å²) in [6, 6.07) is 20.1. The van der Waals surface area contributed by atoms with Crippen LogP contribution in [0.1, 0.15) is 37.4 Å². The highest BCUT2D eigenvalue weighted by atomic mass is 35.5. The number of halogens is 1. The van der Waals surface area contributed by atoms with Crippen LogP contribution in [0.3, 0.4) is 0 Å². The van der Waals surface area contributed by atoms with Crippen LogP contribution in [0.2, 0.25) is 5.02 Å². The minimum atomic E-state index is -4.01. The zero-order chi connectivity index (χ0) is 24.5. The third-order valence-electron chi connectivity index (χ3n) is 5.67. The van der Waals surface area contributed by atoms with Crippen LogP contribution in [0.15, 0.2) is 77.7 Å². The topological polar surface area (TPSA) is 75.7 Å². The molecule has 178 valence electrons. The van der Waals surface area contributed by atoms with Crippen molar-refractivity contribution in [3.63, 3.8) is 0 Å². The van der Waals surface area contributed by atoms with Crippen LogP contribution in [-0.2, 0) is 14.8 Å². The van der Waals surface area contributed by atoms with Crippen molar-refractivity contribution in [2.75, 3.05) is 10.8 Å². The molecule has 1 aliphatic heterocycles. The van der Waals surface area contributed by atoms with E-state index in [1.807, 2.05) is 39.0 Å². The summed E-state index contributed by atoms with van der Waals surface area (Å²) in [5.41, 5.74) is 1.76. The lowest BCUT2D eigenvalue weighted by Crippen LogP contribution is -2.45. The molecule has 0 aliphatic carbocycles. The number of anilines is 1. The fourth-order valence-corrected chi connectivity index (χ4v) is 5.76. The second-order valence-electron chi connectivity index (χ2n) is 9.03. The first-order valence-electron chi connectivity index (χ1n) is 11.0. The largest absolute Gasteiger partial charge is 0.487 e. The van der Waals surface area contributed by atoms with Crippen LogP contribution >= 0.6 is 11.6 Å². The number of hydrogen-bond acceptors (Lipinski definition) is 4. The maximum Gasteiger partial charge on any atom is 0.264 e. The van der Waals surface area contributed by atoms with Gasteiger partial charge in [-0.1, -0.05) is 53.6 Å². The van der Waals surface area contributed by atoms with Gasteiger partial charge in [0, 0.05) is 17.0 Å². The van der Waals surface area contributed by atoms with Crippen LogP contribution < -0.4 is 14.4 Å². The standard InChI is InChI=1S/C26H27ClN2O4S/c1-18-12-13-24-22(14-18)23(16-26(2,3)33-24)28-25(30)17-29(20-9-7-8-19(27)15-20)34(31,32)21-10-5-4-6-11-21/h4-15,23H,16-17H2,1-3H3,(H,28,30). The summed E-state index contributed by atoms with van der Waals surface area (Å²) < 4.78 is 34.2. The summed E-state index contributed by atoms with van der Waals surface area (Å²) in [6.07, 6.45) is 0.553. The Bertz CT molecular complexity index is 1310. The molecule has 8 heteroatoms. The van der Waals surface area contributed by atoms with E-state index in [0.717, 1.165) is 21.2 Å². The van der Waals surface area contributed by atoms with Crippen molar-refractivity contribution in [1.29, 1.82) is 0 Å². The smallest absolute Gasteiger partial charge is 0.264 e. The quantitative estimate of drug-likeness (QED) is 0.503. The van der Waals surface area contributed by atoms with E-state index in [0.29, 0.717) is 17.1 Å². The number of aryl methyl sites for hydroxylation is 1. The summed E-state index contributed by atoms with van der Waals surface area (Å²) >= 11 is 6.14. The highest BCUT2D eigenvalue weighted by Crippen LogP contribution is 2.40. The van der Waals surface area contributed by atoms with Crippen molar-refractivity contribution >= 4 is 33.2 Å². The fourth-order valence-electron chi connectivity index (χ4n) is 4.14. The molecule has 1 atom stereocenters. The van der Waals surface area contributed by atoms with Crippen LogP contribution in [0.25, 0.3) is 0 Å². The number of carbonyl (C=O) groups is 1. The molecule has 1 heterocycles. The Morgan fingerprint density at radius 3 is 2.53 bits per heavy atom. The van der Waals surface area contributed by atoms with Gasteiger partial charge in [-0.15, -0.1) is 0 Å². The number of nitrogens with one attached hydrogen (secondary N) is 1. The van der Waals surface area contributed by atoms with Gasteiger partial charge in [0.1, 0.15) is 17.9 Å². The van der Waals surface area contributed by atoms with E-state index in [-0.39, 0.29) is 10.9 Å². The number of rotatable bonds is 6. The van der Waals surface area contributed by atoms with E-state index in [1.54, 1.807) is 36.4 Å². The summed E-state index contributed by atoms with van der Waals surface area (Å²) in [7, 11) is -4.01. The predicted molar refractivity (Wildman–Crippen MR) is 134 cm³/mol. The first-order valence-corrected chi connectivity index (χ1v) is 12.8. The van der Waals surface area contributed by atoms with E-state index in [9.17, 15) is 13.2 Å². The second-order valence-corrected chi connectivity index (χ2v) is 11.3. The molecule has 1 aliphatic rings. The Balaban J connectivity index is 1.65. The fraction of sp³-hybridized carbons (Fsp3) is 0.269. The van der Waals surface area contributed by atoms with Gasteiger partial charge in [0.25, 0.3) is 10.0 Å². The molecule has 4 rings (SSSR count). The van der Waals surface area contributed by atoms with Gasteiger partial charge in [0.05, 0.1) is 16.6 Å². The summed E-state index contributed by atoms with van der Waals surface area (Å²) in [6.45, 7) is 5.52. The number of sulfonamides is 1. The molecule has 34 heavy (non-hydrogen) atoms. The first kappa shape index (κ1) is 24.1. The predicted octanol–water partition coefficient (Wildman–Crippen LogP) is 5.26. The Kier molecular flexibility index (Phi) is 6.60. The number of amides is 1. The van der Waals surface area contributed by atoms with Crippen LogP contribution in [-0.4, -0.2) is 26.5 Å². The monoisotopic (exact) mass is 498 g/mol. The van der Waals surface area contributed by atoms with Gasteiger partial charge in [-0.3, -0.25) is 9.10 Å². The maximum atomic E-state index is 13.5. The molecule has 0 saturated heterocycles. The third-order valence-corrected chi connectivity index (χ3v) is 7.70. The maximum absolute atomic E-state index is 13.5. The van der Waals surface area contributed by atoms with Gasteiger partial charge in [-0.25, -0.2) is 8.42 Å². The van der Waals surface area contributed by atoms with E-state index in [4.69, 9.17) is 16.3 Å². The van der Waals surface area contributed by atoms with Gasteiger partial charge in [-0.05, 0) is 57.2 Å². The molecule has 0 bridgehead atoms. The van der Waals surface area contributed by atoms with Crippen LogP contribution in [0, 0.1) is 6.92 Å². The molecule has 3 aromatic carbocycles. The van der Waals surface area contributed by atoms with Crippen molar-refractivity contribution in [3.05, 3.63) is 88.9 Å².